The number of hydrazone groups is 1. The molecule has 1 N–H and O–H groups in total. The van der Waals surface area contributed by atoms with E-state index in [-0.39, 0.29) is 5.91 Å². The Hall–Kier alpha value is -3.47. The molecule has 0 aliphatic heterocycles. The fourth-order valence-corrected chi connectivity index (χ4v) is 3.82. The minimum Gasteiger partial charge on any atom is -0.340 e. The van der Waals surface area contributed by atoms with Crippen molar-refractivity contribution < 1.29 is 4.79 Å². The lowest BCUT2D eigenvalue weighted by Crippen LogP contribution is -2.17. The fourth-order valence-electron chi connectivity index (χ4n) is 3.82. The average Bonchev–Trinajstić information content (AvgIpc) is 3.10. The SMILES string of the molecule is CCCCCCn1c2ccccc2c2cc(/C=N/NC(=O)c3ccncc3)ccc21. The molecule has 30 heavy (non-hydrogen) atoms. The number of carbonyl (C=O) groups excluding carboxylic acids is 1. The van der Waals surface area contributed by atoms with E-state index < -0.39 is 0 Å². The number of aromatic nitrogens is 2. The van der Waals surface area contributed by atoms with E-state index in [9.17, 15) is 4.79 Å². The molecule has 0 saturated heterocycles. The molecule has 0 atom stereocenters. The number of hydrogen-bond acceptors (Lipinski definition) is 3. The largest absolute Gasteiger partial charge is 0.340 e. The Bertz CT molecular complexity index is 1180. The summed E-state index contributed by atoms with van der Waals surface area (Å²) in [6.45, 7) is 3.27. The van der Waals surface area contributed by atoms with Gasteiger partial charge < -0.3 is 4.57 Å². The number of benzene rings is 2. The molecule has 0 radical (unpaired) electrons. The predicted octanol–water partition coefficient (Wildman–Crippen LogP) is 5.53. The second-order valence-electron chi connectivity index (χ2n) is 7.44. The van der Waals surface area contributed by atoms with Crippen LogP contribution in [0.3, 0.4) is 0 Å². The molecule has 0 aliphatic carbocycles. The number of para-hydroxylation sites is 1. The number of pyridine rings is 1. The van der Waals surface area contributed by atoms with Crippen LogP contribution in [-0.2, 0) is 6.54 Å². The van der Waals surface area contributed by atoms with Crippen LogP contribution in [0.5, 0.6) is 0 Å². The van der Waals surface area contributed by atoms with Gasteiger partial charge in [0, 0.05) is 46.3 Å². The lowest BCUT2D eigenvalue weighted by Gasteiger charge is -2.07. The first kappa shape index (κ1) is 19.8. The fraction of sp³-hybridized carbons (Fsp3) is 0.240. The lowest BCUT2D eigenvalue weighted by atomic mass is 10.1. The summed E-state index contributed by atoms with van der Waals surface area (Å²) < 4.78 is 2.42. The van der Waals surface area contributed by atoms with E-state index in [1.165, 1.54) is 47.5 Å². The van der Waals surface area contributed by atoms with Crippen molar-refractivity contribution in [3.63, 3.8) is 0 Å². The zero-order valence-electron chi connectivity index (χ0n) is 17.2. The molecule has 5 heteroatoms. The first-order valence-corrected chi connectivity index (χ1v) is 10.5. The third-order valence-electron chi connectivity index (χ3n) is 5.35. The number of aryl methyl sites for hydroxylation is 1. The summed E-state index contributed by atoms with van der Waals surface area (Å²) in [5, 5.41) is 6.59. The number of unbranched alkanes of at least 4 members (excludes halogenated alkanes) is 3. The van der Waals surface area contributed by atoms with Crippen molar-refractivity contribution in [1.29, 1.82) is 0 Å². The smallest absolute Gasteiger partial charge is 0.271 e. The van der Waals surface area contributed by atoms with Gasteiger partial charge in [0.25, 0.3) is 5.91 Å². The molecule has 2 aromatic carbocycles. The summed E-state index contributed by atoms with van der Waals surface area (Å²) in [5.74, 6) is -0.251. The topological polar surface area (TPSA) is 59.3 Å². The third-order valence-corrected chi connectivity index (χ3v) is 5.35. The molecule has 0 saturated carbocycles. The van der Waals surface area contributed by atoms with Crippen LogP contribution in [0, 0.1) is 0 Å². The van der Waals surface area contributed by atoms with Crippen molar-refractivity contribution in [2.75, 3.05) is 0 Å². The van der Waals surface area contributed by atoms with Gasteiger partial charge in [0.1, 0.15) is 0 Å². The van der Waals surface area contributed by atoms with Crippen molar-refractivity contribution in [1.82, 2.24) is 15.0 Å². The van der Waals surface area contributed by atoms with E-state index in [0.29, 0.717) is 5.56 Å². The van der Waals surface area contributed by atoms with Gasteiger partial charge in [-0.05, 0) is 42.3 Å². The van der Waals surface area contributed by atoms with E-state index in [1.807, 2.05) is 6.07 Å². The van der Waals surface area contributed by atoms with E-state index in [1.54, 1.807) is 30.7 Å². The maximum absolute atomic E-state index is 12.1. The zero-order chi connectivity index (χ0) is 20.8. The highest BCUT2D eigenvalue weighted by molar-refractivity contribution is 6.09. The Morgan fingerprint density at radius 2 is 1.80 bits per heavy atom. The van der Waals surface area contributed by atoms with E-state index in [0.717, 1.165) is 12.1 Å². The molecule has 2 heterocycles. The minimum absolute atomic E-state index is 0.251. The molecule has 0 bridgehead atoms. The van der Waals surface area contributed by atoms with Gasteiger partial charge in [-0.1, -0.05) is 50.5 Å². The highest BCUT2D eigenvalue weighted by Gasteiger charge is 2.10. The zero-order valence-corrected chi connectivity index (χ0v) is 17.2. The second-order valence-corrected chi connectivity index (χ2v) is 7.44. The van der Waals surface area contributed by atoms with Crippen LogP contribution in [0.4, 0.5) is 0 Å². The first-order chi connectivity index (χ1) is 14.8. The summed E-state index contributed by atoms with van der Waals surface area (Å²) in [6.07, 6.45) is 9.83. The van der Waals surface area contributed by atoms with Gasteiger partial charge in [-0.25, -0.2) is 5.43 Å². The summed E-state index contributed by atoms with van der Waals surface area (Å²) >= 11 is 0. The highest BCUT2D eigenvalue weighted by Crippen LogP contribution is 2.30. The summed E-state index contributed by atoms with van der Waals surface area (Å²) in [7, 11) is 0. The van der Waals surface area contributed by atoms with Crippen LogP contribution in [0.1, 0.15) is 48.5 Å². The van der Waals surface area contributed by atoms with Gasteiger partial charge in [0.15, 0.2) is 0 Å². The Kier molecular flexibility index (Phi) is 6.18. The average molecular weight is 399 g/mol. The minimum atomic E-state index is -0.251. The number of amides is 1. The molecule has 0 spiro atoms. The van der Waals surface area contributed by atoms with Crippen molar-refractivity contribution in [2.24, 2.45) is 5.10 Å². The van der Waals surface area contributed by atoms with E-state index in [4.69, 9.17) is 0 Å². The van der Waals surface area contributed by atoms with Crippen molar-refractivity contribution in [2.45, 2.75) is 39.2 Å². The molecule has 152 valence electrons. The van der Waals surface area contributed by atoms with Crippen LogP contribution in [0.15, 0.2) is 72.1 Å². The summed E-state index contributed by atoms with van der Waals surface area (Å²) in [6, 6.07) is 18.2. The van der Waals surface area contributed by atoms with E-state index in [2.05, 4.69) is 63.4 Å². The normalized spacial score (nSPS) is 11.5. The van der Waals surface area contributed by atoms with Crippen molar-refractivity contribution >= 4 is 33.9 Å². The van der Waals surface area contributed by atoms with Crippen molar-refractivity contribution in [3.8, 4) is 0 Å². The number of nitrogens with one attached hydrogen (secondary N) is 1. The van der Waals surface area contributed by atoms with Gasteiger partial charge >= 0.3 is 0 Å². The predicted molar refractivity (Wildman–Crippen MR) is 123 cm³/mol. The molecule has 0 aliphatic rings. The first-order valence-electron chi connectivity index (χ1n) is 10.5. The molecular weight excluding hydrogens is 372 g/mol. The monoisotopic (exact) mass is 398 g/mol. The van der Waals surface area contributed by atoms with Gasteiger partial charge in [0.05, 0.1) is 6.21 Å². The second kappa shape index (κ2) is 9.35. The lowest BCUT2D eigenvalue weighted by molar-refractivity contribution is 0.0955. The standard InChI is InChI=1S/C25H26N4O/c1-2-3-4-7-16-29-23-9-6-5-8-21(23)22-17-19(10-11-24(22)29)18-27-28-25(30)20-12-14-26-15-13-20/h5-6,8-15,17-18H,2-4,7,16H2,1H3,(H,28,30)/b27-18+. The third kappa shape index (κ3) is 4.25. The van der Waals surface area contributed by atoms with Crippen LogP contribution >= 0.6 is 0 Å². The Morgan fingerprint density at radius 3 is 2.63 bits per heavy atom. The molecule has 4 aromatic rings. The molecule has 0 fully saturated rings. The van der Waals surface area contributed by atoms with Crippen LogP contribution in [0.25, 0.3) is 21.8 Å². The van der Waals surface area contributed by atoms with Gasteiger partial charge in [0.2, 0.25) is 0 Å². The number of carbonyl (C=O) groups is 1. The van der Waals surface area contributed by atoms with Gasteiger partial charge in [-0.3, -0.25) is 9.78 Å². The van der Waals surface area contributed by atoms with E-state index >= 15 is 0 Å². The maximum Gasteiger partial charge on any atom is 0.271 e. The number of fused-ring (bicyclic) bond motifs is 3. The van der Waals surface area contributed by atoms with Gasteiger partial charge in [-0.2, -0.15) is 5.10 Å². The van der Waals surface area contributed by atoms with Crippen LogP contribution in [-0.4, -0.2) is 21.7 Å². The molecule has 0 unspecified atom stereocenters. The number of hydrogen-bond donors (Lipinski definition) is 1. The van der Waals surface area contributed by atoms with Crippen LogP contribution in [0.2, 0.25) is 0 Å². The highest BCUT2D eigenvalue weighted by atomic mass is 16.2. The van der Waals surface area contributed by atoms with Gasteiger partial charge in [-0.15, -0.1) is 0 Å². The van der Waals surface area contributed by atoms with Crippen LogP contribution < -0.4 is 5.43 Å². The summed E-state index contributed by atoms with van der Waals surface area (Å²) in [5.41, 5.74) is 6.57. The molecule has 5 nitrogen and oxygen atoms in total. The Labute approximate surface area is 176 Å². The van der Waals surface area contributed by atoms with Crippen molar-refractivity contribution in [3.05, 3.63) is 78.1 Å². The molecule has 2 aromatic heterocycles. The Morgan fingerprint density at radius 1 is 1.00 bits per heavy atom. The molecule has 4 rings (SSSR count). The Balaban J connectivity index is 1.58. The number of nitrogens with zero attached hydrogens (tertiary/aromatic N) is 3. The summed E-state index contributed by atoms with van der Waals surface area (Å²) in [4.78, 5) is 16.0. The number of rotatable bonds is 8. The molecular formula is C25H26N4O. The quantitative estimate of drug-likeness (QED) is 0.241. The molecule has 1 amide bonds. The maximum atomic E-state index is 12.1.